The first-order valence-corrected chi connectivity index (χ1v) is 21.7. The van der Waals surface area contributed by atoms with Crippen LogP contribution in [0, 0.1) is 27.6 Å². The van der Waals surface area contributed by atoms with Crippen LogP contribution < -0.4 is 10.6 Å². The van der Waals surface area contributed by atoms with Crippen LogP contribution in [-0.2, 0) is 16.0 Å². The van der Waals surface area contributed by atoms with Crippen molar-refractivity contribution in [3.8, 4) is 11.5 Å². The number of nitrogens with one attached hydrogen (secondary N) is 2. The molecule has 6 nitrogen and oxygen atoms in total. The summed E-state index contributed by atoms with van der Waals surface area (Å²) < 4.78 is 0.786. The lowest BCUT2D eigenvalue weighted by atomic mass is 9.52. The number of carbonyl (C=O) groups is 2. The number of thioether (sulfide) groups is 2. The molecule has 2 aromatic rings. The van der Waals surface area contributed by atoms with Crippen molar-refractivity contribution < 1.29 is 19.8 Å². The summed E-state index contributed by atoms with van der Waals surface area (Å²) in [6.45, 7) is 28.6. The minimum absolute atomic E-state index is 0.0222. The average molecular weight is 787 g/mol. The standard InChI is InChI=1S/C44H70N2O4S3/c1-14-16-26-52-39(51)53-43(11,12)33(32-20-18-17-19-21-32)28-40(5,6)41(7,8)34(37(49)46-30(3)4)29-44(13,15-2)42(9,10)38(50)45-25-24-31-22-23-35(47)36(48)27-31/h17-23,27,30,33-34,47-48H,14-16,24-26,28-29H2,1-13H3,(H,45,50)(H,46,49). The van der Waals surface area contributed by atoms with Crippen molar-refractivity contribution in [1.82, 2.24) is 10.6 Å². The molecular weight excluding hydrogens is 717 g/mol. The van der Waals surface area contributed by atoms with Crippen molar-refractivity contribution in [1.29, 1.82) is 0 Å². The van der Waals surface area contributed by atoms with E-state index in [4.69, 9.17) is 12.2 Å². The molecule has 0 aliphatic carbocycles. The molecule has 3 atom stereocenters. The maximum absolute atomic E-state index is 14.5. The summed E-state index contributed by atoms with van der Waals surface area (Å²) in [4.78, 5) is 28.5. The maximum atomic E-state index is 14.5. The monoisotopic (exact) mass is 786 g/mol. The molecule has 0 aliphatic rings. The Balaban J connectivity index is 2.48. The highest BCUT2D eigenvalue weighted by Gasteiger charge is 2.54. The Kier molecular flexibility index (Phi) is 17.3. The molecule has 2 rings (SSSR count). The first kappa shape index (κ1) is 46.9. The van der Waals surface area contributed by atoms with E-state index < -0.39 is 16.2 Å². The second kappa shape index (κ2) is 19.6. The lowest BCUT2D eigenvalue weighted by Crippen LogP contribution is -2.54. The van der Waals surface area contributed by atoms with E-state index in [1.54, 1.807) is 29.6 Å². The van der Waals surface area contributed by atoms with Gasteiger partial charge in [0.2, 0.25) is 11.8 Å². The molecular formula is C44H70N2O4S3. The third kappa shape index (κ3) is 12.4. The Morgan fingerprint density at radius 3 is 2.04 bits per heavy atom. The second-order valence-corrected chi connectivity index (χ2v) is 21.7. The van der Waals surface area contributed by atoms with Gasteiger partial charge in [0, 0.05) is 28.7 Å². The number of phenolic OH excluding ortho intramolecular Hbond substituents is 2. The average Bonchev–Trinajstić information content (AvgIpc) is 3.07. The molecule has 0 aromatic heterocycles. The highest BCUT2D eigenvalue weighted by atomic mass is 32.2. The molecule has 298 valence electrons. The molecule has 2 aromatic carbocycles. The van der Waals surface area contributed by atoms with Gasteiger partial charge in [0.15, 0.2) is 11.5 Å². The summed E-state index contributed by atoms with van der Waals surface area (Å²) in [6, 6.07) is 15.4. The van der Waals surface area contributed by atoms with Crippen molar-refractivity contribution in [3.63, 3.8) is 0 Å². The van der Waals surface area contributed by atoms with Crippen LogP contribution in [0.25, 0.3) is 0 Å². The molecule has 0 bridgehead atoms. The van der Waals surface area contributed by atoms with Crippen molar-refractivity contribution in [2.24, 2.45) is 27.6 Å². The van der Waals surface area contributed by atoms with Crippen LogP contribution in [0.4, 0.5) is 0 Å². The Bertz CT molecular complexity index is 1510. The third-order valence-electron chi connectivity index (χ3n) is 12.4. The lowest BCUT2D eigenvalue weighted by Gasteiger charge is -2.53. The molecule has 0 spiro atoms. The summed E-state index contributed by atoms with van der Waals surface area (Å²) in [7, 11) is 0. The quantitative estimate of drug-likeness (QED) is 0.0603. The summed E-state index contributed by atoms with van der Waals surface area (Å²) in [5.74, 6) is 0.435. The predicted octanol–water partition coefficient (Wildman–Crippen LogP) is 11.3. The topological polar surface area (TPSA) is 98.7 Å². The number of hydrogen-bond donors (Lipinski definition) is 4. The Labute approximate surface area is 336 Å². The van der Waals surface area contributed by atoms with E-state index in [1.807, 2.05) is 27.7 Å². The molecule has 53 heavy (non-hydrogen) atoms. The molecule has 4 N–H and O–H groups in total. The molecule has 0 saturated heterocycles. The number of amides is 2. The summed E-state index contributed by atoms with van der Waals surface area (Å²) in [5.41, 5.74) is -0.00416. The number of carbonyl (C=O) groups excluding carboxylic acids is 2. The van der Waals surface area contributed by atoms with Crippen LogP contribution in [0.2, 0.25) is 0 Å². The van der Waals surface area contributed by atoms with Gasteiger partial charge < -0.3 is 20.8 Å². The van der Waals surface area contributed by atoms with E-state index in [2.05, 4.69) is 103 Å². The van der Waals surface area contributed by atoms with Gasteiger partial charge in [-0.25, -0.2) is 0 Å². The predicted molar refractivity (Wildman–Crippen MR) is 233 cm³/mol. The molecule has 0 aliphatic heterocycles. The van der Waals surface area contributed by atoms with Gasteiger partial charge in [-0.3, -0.25) is 9.59 Å². The molecule has 2 amide bonds. The number of benzene rings is 2. The second-order valence-electron chi connectivity index (χ2n) is 17.7. The first-order chi connectivity index (χ1) is 24.5. The van der Waals surface area contributed by atoms with Crippen LogP contribution in [0.15, 0.2) is 48.5 Å². The van der Waals surface area contributed by atoms with Crippen LogP contribution in [0.1, 0.15) is 139 Å². The largest absolute Gasteiger partial charge is 0.504 e. The molecule has 0 fully saturated rings. The van der Waals surface area contributed by atoms with E-state index in [9.17, 15) is 19.8 Å². The van der Waals surface area contributed by atoms with Crippen LogP contribution >= 0.6 is 35.7 Å². The van der Waals surface area contributed by atoms with E-state index in [0.29, 0.717) is 25.8 Å². The minimum Gasteiger partial charge on any atom is -0.504 e. The van der Waals surface area contributed by atoms with Crippen LogP contribution in [0.5, 0.6) is 11.5 Å². The van der Waals surface area contributed by atoms with Crippen LogP contribution in [-0.4, -0.2) is 48.6 Å². The van der Waals surface area contributed by atoms with Crippen molar-refractivity contribution in [3.05, 3.63) is 59.7 Å². The molecule has 0 heterocycles. The normalized spacial score (nSPS) is 15.1. The van der Waals surface area contributed by atoms with Gasteiger partial charge >= 0.3 is 0 Å². The molecule has 0 saturated carbocycles. The van der Waals surface area contributed by atoms with E-state index in [0.717, 1.165) is 34.1 Å². The van der Waals surface area contributed by atoms with Gasteiger partial charge in [0.1, 0.15) is 3.53 Å². The van der Waals surface area contributed by atoms with Gasteiger partial charge in [0.25, 0.3) is 0 Å². The highest BCUT2D eigenvalue weighted by Crippen LogP contribution is 2.58. The fraction of sp³-hybridized carbons (Fsp3) is 0.659. The van der Waals surface area contributed by atoms with Gasteiger partial charge in [-0.15, -0.1) is 23.5 Å². The van der Waals surface area contributed by atoms with Gasteiger partial charge in [-0.1, -0.05) is 117 Å². The zero-order chi connectivity index (χ0) is 40.4. The van der Waals surface area contributed by atoms with Crippen molar-refractivity contribution in [2.45, 2.75) is 145 Å². The first-order valence-electron chi connectivity index (χ1n) is 19.5. The minimum atomic E-state index is -0.800. The zero-order valence-corrected chi connectivity index (χ0v) is 37.4. The molecule has 9 heteroatoms. The van der Waals surface area contributed by atoms with Crippen molar-refractivity contribution >= 4 is 51.1 Å². The smallest absolute Gasteiger partial charge is 0.226 e. The third-order valence-corrected chi connectivity index (χ3v) is 15.3. The van der Waals surface area contributed by atoms with Gasteiger partial charge in [-0.2, -0.15) is 0 Å². The summed E-state index contributed by atoms with van der Waals surface area (Å²) in [6.07, 6.45) is 4.91. The number of thiocarbonyl (C=S) groups is 1. The zero-order valence-electron chi connectivity index (χ0n) is 34.9. The number of phenols is 2. The highest BCUT2D eigenvalue weighted by molar-refractivity contribution is 8.47. The number of unbranched alkanes of at least 4 members (excludes halogenated alkanes) is 1. The molecule has 3 unspecified atom stereocenters. The fourth-order valence-corrected chi connectivity index (χ4v) is 10.6. The lowest BCUT2D eigenvalue weighted by molar-refractivity contribution is -0.145. The van der Waals surface area contributed by atoms with E-state index in [1.165, 1.54) is 17.7 Å². The van der Waals surface area contributed by atoms with E-state index in [-0.39, 0.29) is 51.4 Å². The number of hydrogen-bond acceptors (Lipinski definition) is 7. The fourth-order valence-electron chi connectivity index (χ4n) is 7.20. The SMILES string of the molecule is CCCCSC(=S)SC(C)(C)C(CC(C)(C)C(C)(C)C(CC(C)(CC)C(C)(C)C(=O)NCCc1ccc(O)c(O)c1)C(=O)NC(C)C)c1ccccc1. The van der Waals surface area contributed by atoms with Crippen molar-refractivity contribution in [2.75, 3.05) is 12.3 Å². The Morgan fingerprint density at radius 2 is 1.49 bits per heavy atom. The summed E-state index contributed by atoms with van der Waals surface area (Å²) >= 11 is 9.52. The Hall–Kier alpha value is -2.23. The van der Waals surface area contributed by atoms with E-state index >= 15 is 0 Å². The number of aromatic hydroxyl groups is 2. The van der Waals surface area contributed by atoms with Crippen LogP contribution in [0.3, 0.4) is 0 Å². The van der Waals surface area contributed by atoms with Gasteiger partial charge in [-0.05, 0) is 111 Å². The number of rotatable bonds is 20. The maximum Gasteiger partial charge on any atom is 0.226 e. The Morgan fingerprint density at radius 1 is 0.868 bits per heavy atom. The summed E-state index contributed by atoms with van der Waals surface area (Å²) in [5, 5.41) is 26.0. The van der Waals surface area contributed by atoms with Gasteiger partial charge in [0.05, 0.1) is 0 Å². The molecule has 0 radical (unpaired) electrons.